The average Bonchev–Trinajstić information content (AvgIpc) is 2.68. The molecule has 4 nitrogen and oxygen atoms in total. The van der Waals surface area contributed by atoms with E-state index >= 15 is 0 Å². The van der Waals surface area contributed by atoms with Crippen LogP contribution in [0.25, 0.3) is 11.0 Å². The summed E-state index contributed by atoms with van der Waals surface area (Å²) in [7, 11) is 0. The van der Waals surface area contributed by atoms with Gasteiger partial charge in [-0.25, -0.2) is 0 Å². The monoisotopic (exact) mass is 245 g/mol. The Hall–Kier alpha value is -1.62. The van der Waals surface area contributed by atoms with Gasteiger partial charge in [0.05, 0.1) is 11.0 Å². The SMILES string of the molecule is O=C1CC(S)CN1c1ccc2nccnc2c1. The molecule has 2 aromatic rings. The average molecular weight is 245 g/mol. The van der Waals surface area contributed by atoms with Crippen LogP contribution in [0, 0.1) is 0 Å². The lowest BCUT2D eigenvalue weighted by Gasteiger charge is -2.16. The minimum absolute atomic E-state index is 0.119. The molecule has 0 aliphatic carbocycles. The van der Waals surface area contributed by atoms with E-state index in [1.54, 1.807) is 17.3 Å². The van der Waals surface area contributed by atoms with Crippen molar-refractivity contribution in [2.45, 2.75) is 11.7 Å². The van der Waals surface area contributed by atoms with Crippen molar-refractivity contribution < 1.29 is 4.79 Å². The van der Waals surface area contributed by atoms with Crippen LogP contribution in [0.4, 0.5) is 5.69 Å². The van der Waals surface area contributed by atoms with Crippen LogP contribution in [0.15, 0.2) is 30.6 Å². The van der Waals surface area contributed by atoms with E-state index in [1.807, 2.05) is 18.2 Å². The van der Waals surface area contributed by atoms with Crippen molar-refractivity contribution in [3.05, 3.63) is 30.6 Å². The molecule has 2 heterocycles. The summed E-state index contributed by atoms with van der Waals surface area (Å²) in [6, 6.07) is 5.68. The van der Waals surface area contributed by atoms with E-state index in [0.29, 0.717) is 13.0 Å². The van der Waals surface area contributed by atoms with E-state index in [0.717, 1.165) is 16.7 Å². The van der Waals surface area contributed by atoms with Crippen LogP contribution < -0.4 is 4.90 Å². The van der Waals surface area contributed by atoms with Crippen molar-refractivity contribution in [1.82, 2.24) is 9.97 Å². The van der Waals surface area contributed by atoms with Crippen molar-refractivity contribution in [3.63, 3.8) is 0 Å². The molecule has 0 radical (unpaired) electrons. The minimum Gasteiger partial charge on any atom is -0.311 e. The third-order valence-electron chi connectivity index (χ3n) is 2.87. The normalized spacial score (nSPS) is 20.2. The number of carbonyl (C=O) groups is 1. The van der Waals surface area contributed by atoms with Crippen LogP contribution in [0.5, 0.6) is 0 Å². The number of thiol groups is 1. The van der Waals surface area contributed by atoms with Crippen LogP contribution in [0.2, 0.25) is 0 Å². The highest BCUT2D eigenvalue weighted by atomic mass is 32.1. The lowest BCUT2D eigenvalue weighted by molar-refractivity contribution is -0.117. The van der Waals surface area contributed by atoms with Gasteiger partial charge >= 0.3 is 0 Å². The van der Waals surface area contributed by atoms with Gasteiger partial charge in [0.15, 0.2) is 0 Å². The number of fused-ring (bicyclic) bond motifs is 1. The second-order valence-corrected chi connectivity index (χ2v) is 4.82. The molecule has 1 amide bonds. The number of rotatable bonds is 1. The summed E-state index contributed by atoms with van der Waals surface area (Å²) in [6.45, 7) is 0.660. The Bertz CT molecular complexity index is 587. The lowest BCUT2D eigenvalue weighted by atomic mass is 10.2. The third-order valence-corrected chi connectivity index (χ3v) is 3.22. The van der Waals surface area contributed by atoms with Gasteiger partial charge in [-0.3, -0.25) is 14.8 Å². The lowest BCUT2D eigenvalue weighted by Crippen LogP contribution is -2.24. The molecule has 17 heavy (non-hydrogen) atoms. The van der Waals surface area contributed by atoms with Crippen molar-refractivity contribution in [3.8, 4) is 0 Å². The molecule has 5 heteroatoms. The summed E-state index contributed by atoms with van der Waals surface area (Å²) in [5.74, 6) is 0.119. The Balaban J connectivity index is 2.03. The fourth-order valence-electron chi connectivity index (χ4n) is 2.06. The van der Waals surface area contributed by atoms with Gasteiger partial charge in [-0.05, 0) is 18.2 Å². The number of nitrogens with zero attached hydrogens (tertiary/aromatic N) is 3. The fourth-order valence-corrected chi connectivity index (χ4v) is 2.38. The zero-order valence-electron chi connectivity index (χ0n) is 9.08. The van der Waals surface area contributed by atoms with E-state index in [-0.39, 0.29) is 11.2 Å². The Morgan fingerprint density at radius 2 is 2.00 bits per heavy atom. The first-order valence-electron chi connectivity index (χ1n) is 5.43. The molecular formula is C12H11N3OS. The number of carbonyl (C=O) groups excluding carboxylic acids is 1. The van der Waals surface area contributed by atoms with E-state index in [4.69, 9.17) is 0 Å². The molecule has 0 saturated carbocycles. The molecule has 1 aromatic heterocycles. The third kappa shape index (κ3) is 1.86. The second-order valence-electron chi connectivity index (χ2n) is 4.09. The number of aromatic nitrogens is 2. The van der Waals surface area contributed by atoms with Crippen LogP contribution in [0.3, 0.4) is 0 Å². The zero-order valence-corrected chi connectivity index (χ0v) is 9.97. The highest BCUT2D eigenvalue weighted by molar-refractivity contribution is 7.81. The van der Waals surface area contributed by atoms with Gasteiger partial charge < -0.3 is 4.90 Å². The van der Waals surface area contributed by atoms with Crippen LogP contribution in [0.1, 0.15) is 6.42 Å². The number of hydrogen-bond donors (Lipinski definition) is 1. The Morgan fingerprint density at radius 1 is 1.24 bits per heavy atom. The number of hydrogen-bond acceptors (Lipinski definition) is 4. The smallest absolute Gasteiger partial charge is 0.228 e. The maximum Gasteiger partial charge on any atom is 0.228 e. The molecule has 1 atom stereocenters. The maximum absolute atomic E-state index is 11.8. The first-order chi connectivity index (χ1) is 8.24. The van der Waals surface area contributed by atoms with E-state index in [2.05, 4.69) is 22.6 Å². The summed E-state index contributed by atoms with van der Waals surface area (Å²) in [6.07, 6.45) is 3.81. The number of amides is 1. The molecule has 1 unspecified atom stereocenters. The van der Waals surface area contributed by atoms with Gasteiger partial charge in [-0.1, -0.05) is 0 Å². The minimum atomic E-state index is 0.119. The summed E-state index contributed by atoms with van der Waals surface area (Å²) in [5, 5.41) is 0.125. The van der Waals surface area contributed by atoms with Crippen LogP contribution >= 0.6 is 12.6 Å². The van der Waals surface area contributed by atoms with Crippen molar-refractivity contribution in [2.75, 3.05) is 11.4 Å². The van der Waals surface area contributed by atoms with Gasteiger partial charge in [0, 0.05) is 36.3 Å². The largest absolute Gasteiger partial charge is 0.311 e. The molecule has 1 aliphatic rings. The summed E-state index contributed by atoms with van der Waals surface area (Å²) >= 11 is 4.34. The topological polar surface area (TPSA) is 46.1 Å². The maximum atomic E-state index is 11.8. The van der Waals surface area contributed by atoms with Crippen molar-refractivity contribution >= 4 is 35.3 Å². The molecule has 86 valence electrons. The van der Waals surface area contributed by atoms with Crippen LogP contribution in [-0.2, 0) is 4.79 Å². The van der Waals surface area contributed by atoms with Gasteiger partial charge in [0.25, 0.3) is 0 Å². The zero-order chi connectivity index (χ0) is 11.8. The first kappa shape index (κ1) is 10.5. The highest BCUT2D eigenvalue weighted by Crippen LogP contribution is 2.25. The summed E-state index contributed by atoms with van der Waals surface area (Å²) in [5.41, 5.74) is 2.52. The second kappa shape index (κ2) is 4.00. The van der Waals surface area contributed by atoms with Gasteiger partial charge in [0.2, 0.25) is 5.91 Å². The standard InChI is InChI=1S/C12H11N3OS/c16-12-6-9(17)7-15(12)8-1-2-10-11(5-8)14-4-3-13-10/h1-5,9,17H,6-7H2. The van der Waals surface area contributed by atoms with E-state index in [9.17, 15) is 4.79 Å². The van der Waals surface area contributed by atoms with E-state index in [1.165, 1.54) is 0 Å². The van der Waals surface area contributed by atoms with Crippen molar-refractivity contribution in [2.24, 2.45) is 0 Å². The predicted molar refractivity (Wildman–Crippen MR) is 69.3 cm³/mol. The predicted octanol–water partition coefficient (Wildman–Crippen LogP) is 1.66. The van der Waals surface area contributed by atoms with Gasteiger partial charge in [-0.15, -0.1) is 0 Å². The molecule has 0 N–H and O–H groups in total. The Kier molecular flexibility index (Phi) is 2.48. The van der Waals surface area contributed by atoms with Gasteiger partial charge in [0.1, 0.15) is 0 Å². The molecule has 0 bridgehead atoms. The molecule has 0 spiro atoms. The molecule has 1 aromatic carbocycles. The van der Waals surface area contributed by atoms with Gasteiger partial charge in [-0.2, -0.15) is 12.6 Å². The van der Waals surface area contributed by atoms with Crippen LogP contribution in [-0.4, -0.2) is 27.7 Å². The summed E-state index contributed by atoms with van der Waals surface area (Å²) in [4.78, 5) is 22.0. The molecule has 1 saturated heterocycles. The molecule has 1 fully saturated rings. The quantitative estimate of drug-likeness (QED) is 0.777. The Labute approximate surface area is 104 Å². The number of anilines is 1. The molecule has 3 rings (SSSR count). The highest BCUT2D eigenvalue weighted by Gasteiger charge is 2.28. The summed E-state index contributed by atoms with van der Waals surface area (Å²) < 4.78 is 0. The first-order valence-corrected chi connectivity index (χ1v) is 5.95. The molecular weight excluding hydrogens is 234 g/mol. The number of benzene rings is 1. The van der Waals surface area contributed by atoms with Crippen molar-refractivity contribution in [1.29, 1.82) is 0 Å². The fraction of sp³-hybridized carbons (Fsp3) is 0.250. The Morgan fingerprint density at radius 3 is 2.71 bits per heavy atom. The van der Waals surface area contributed by atoms with E-state index < -0.39 is 0 Å². The molecule has 1 aliphatic heterocycles.